The maximum absolute atomic E-state index is 14.6. The van der Waals surface area contributed by atoms with Gasteiger partial charge < -0.3 is 14.3 Å². The lowest BCUT2D eigenvalue weighted by atomic mass is 9.94. The van der Waals surface area contributed by atoms with E-state index >= 15 is 0 Å². The second-order valence-corrected chi connectivity index (χ2v) is 7.72. The normalized spacial score (nSPS) is 15.2. The van der Waals surface area contributed by atoms with Gasteiger partial charge in [-0.2, -0.15) is 5.26 Å². The molecule has 29 heavy (non-hydrogen) atoms. The van der Waals surface area contributed by atoms with Crippen LogP contribution in [0, 0.1) is 17.1 Å². The standard InChI is InChI=1S/C23H20FN3O2/c1-29-20-10-16-19(11-17(20)24)27(14-5-3-2-4-6-14)23-21(22(16)28)15-8-7-13(12-25)9-18(15)26-23/h7-11,14,26H,2-6H2,1H3. The summed E-state index contributed by atoms with van der Waals surface area (Å²) in [7, 11) is 1.40. The predicted molar refractivity (Wildman–Crippen MR) is 111 cm³/mol. The number of halogens is 1. The van der Waals surface area contributed by atoms with E-state index in [1.165, 1.54) is 25.7 Å². The third-order valence-electron chi connectivity index (χ3n) is 6.09. The largest absolute Gasteiger partial charge is 0.494 e. The van der Waals surface area contributed by atoms with Crippen LogP contribution < -0.4 is 10.2 Å². The lowest BCUT2D eigenvalue weighted by Gasteiger charge is -2.27. The van der Waals surface area contributed by atoms with Crippen molar-refractivity contribution in [3.05, 3.63) is 51.9 Å². The third kappa shape index (κ3) is 2.61. The van der Waals surface area contributed by atoms with Crippen molar-refractivity contribution in [2.45, 2.75) is 38.1 Å². The van der Waals surface area contributed by atoms with E-state index in [0.29, 0.717) is 27.5 Å². The molecule has 0 bridgehead atoms. The van der Waals surface area contributed by atoms with Crippen molar-refractivity contribution in [1.29, 1.82) is 5.26 Å². The Labute approximate surface area is 166 Å². The highest BCUT2D eigenvalue weighted by molar-refractivity contribution is 6.10. The molecular formula is C23H20FN3O2. The number of rotatable bonds is 2. The number of methoxy groups -OCH3 is 1. The van der Waals surface area contributed by atoms with Gasteiger partial charge >= 0.3 is 0 Å². The maximum atomic E-state index is 14.6. The molecule has 1 N–H and O–H groups in total. The lowest BCUT2D eigenvalue weighted by Crippen LogP contribution is -2.18. The van der Waals surface area contributed by atoms with Crippen LogP contribution in [0.5, 0.6) is 5.75 Å². The predicted octanol–water partition coefficient (Wildman–Crippen LogP) is 5.16. The number of nitriles is 1. The third-order valence-corrected chi connectivity index (χ3v) is 6.09. The number of hydrogen-bond acceptors (Lipinski definition) is 3. The number of aromatic nitrogens is 2. The summed E-state index contributed by atoms with van der Waals surface area (Å²) in [6.07, 6.45) is 5.38. The molecule has 1 aliphatic carbocycles. The van der Waals surface area contributed by atoms with E-state index in [1.807, 2.05) is 6.07 Å². The Morgan fingerprint density at radius 3 is 2.69 bits per heavy atom. The van der Waals surface area contributed by atoms with Crippen molar-refractivity contribution in [2.75, 3.05) is 7.11 Å². The monoisotopic (exact) mass is 389 g/mol. The summed E-state index contributed by atoms with van der Waals surface area (Å²) in [4.78, 5) is 16.8. The quantitative estimate of drug-likeness (QED) is 0.515. The van der Waals surface area contributed by atoms with E-state index in [9.17, 15) is 14.4 Å². The van der Waals surface area contributed by atoms with Crippen LogP contribution >= 0.6 is 0 Å². The minimum atomic E-state index is -0.480. The first-order chi connectivity index (χ1) is 14.1. The van der Waals surface area contributed by atoms with Crippen LogP contribution in [0.4, 0.5) is 4.39 Å². The van der Waals surface area contributed by atoms with Gasteiger partial charge in [-0.15, -0.1) is 0 Å². The van der Waals surface area contributed by atoms with Gasteiger partial charge in [0.2, 0.25) is 0 Å². The Morgan fingerprint density at radius 1 is 1.17 bits per heavy atom. The fourth-order valence-electron chi connectivity index (χ4n) is 4.72. The summed E-state index contributed by atoms with van der Waals surface area (Å²) in [5.74, 6) is -0.415. The molecule has 0 atom stereocenters. The summed E-state index contributed by atoms with van der Waals surface area (Å²) in [6, 6.07) is 10.5. The topological polar surface area (TPSA) is 70.8 Å². The van der Waals surface area contributed by atoms with Gasteiger partial charge in [-0.05, 0) is 31.0 Å². The van der Waals surface area contributed by atoms with Gasteiger partial charge in [-0.3, -0.25) is 4.79 Å². The van der Waals surface area contributed by atoms with Crippen molar-refractivity contribution < 1.29 is 9.13 Å². The number of aromatic amines is 1. The number of benzene rings is 2. The average molecular weight is 389 g/mol. The van der Waals surface area contributed by atoms with Crippen LogP contribution in [0.2, 0.25) is 0 Å². The molecule has 0 aliphatic heterocycles. The second kappa shape index (κ2) is 6.63. The van der Waals surface area contributed by atoms with E-state index in [4.69, 9.17) is 4.74 Å². The molecule has 0 radical (unpaired) electrons. The first kappa shape index (κ1) is 17.7. The van der Waals surface area contributed by atoms with Gasteiger partial charge in [0.15, 0.2) is 17.0 Å². The first-order valence-corrected chi connectivity index (χ1v) is 9.89. The minimum Gasteiger partial charge on any atom is -0.494 e. The highest BCUT2D eigenvalue weighted by Crippen LogP contribution is 2.36. The highest BCUT2D eigenvalue weighted by Gasteiger charge is 2.24. The molecule has 0 amide bonds. The van der Waals surface area contributed by atoms with Crippen LogP contribution in [-0.4, -0.2) is 16.7 Å². The molecule has 0 spiro atoms. The van der Waals surface area contributed by atoms with E-state index < -0.39 is 5.82 Å². The lowest BCUT2D eigenvalue weighted by molar-refractivity contribution is 0.364. The van der Waals surface area contributed by atoms with Gasteiger partial charge in [-0.1, -0.05) is 25.3 Å². The summed E-state index contributed by atoms with van der Waals surface area (Å²) in [6.45, 7) is 0. The number of fused-ring (bicyclic) bond motifs is 4. The van der Waals surface area contributed by atoms with Gasteiger partial charge in [0.05, 0.1) is 35.0 Å². The minimum absolute atomic E-state index is 0.0655. The summed E-state index contributed by atoms with van der Waals surface area (Å²) < 4.78 is 21.9. The van der Waals surface area contributed by atoms with Gasteiger partial charge in [0.1, 0.15) is 5.65 Å². The molecule has 1 saturated carbocycles. The zero-order valence-corrected chi connectivity index (χ0v) is 16.1. The zero-order valence-electron chi connectivity index (χ0n) is 16.1. The molecule has 0 unspecified atom stereocenters. The van der Waals surface area contributed by atoms with Crippen LogP contribution in [0.25, 0.3) is 32.8 Å². The molecule has 1 fully saturated rings. The Morgan fingerprint density at radius 2 is 1.97 bits per heavy atom. The zero-order chi connectivity index (χ0) is 20.1. The van der Waals surface area contributed by atoms with Crippen molar-refractivity contribution >= 4 is 32.8 Å². The van der Waals surface area contributed by atoms with Crippen molar-refractivity contribution in [3.8, 4) is 11.8 Å². The highest BCUT2D eigenvalue weighted by atomic mass is 19.1. The second-order valence-electron chi connectivity index (χ2n) is 7.72. The summed E-state index contributed by atoms with van der Waals surface area (Å²) in [5, 5.41) is 11.0. The van der Waals surface area contributed by atoms with Crippen molar-refractivity contribution in [3.63, 3.8) is 0 Å². The molecule has 4 aromatic rings. The summed E-state index contributed by atoms with van der Waals surface area (Å²) >= 11 is 0. The van der Waals surface area contributed by atoms with E-state index in [0.717, 1.165) is 36.6 Å². The molecule has 1 aliphatic rings. The van der Waals surface area contributed by atoms with E-state index in [-0.39, 0.29) is 17.2 Å². The van der Waals surface area contributed by atoms with Gasteiger partial charge in [0.25, 0.3) is 0 Å². The van der Waals surface area contributed by atoms with Gasteiger partial charge in [-0.25, -0.2) is 4.39 Å². The number of ether oxygens (including phenoxy) is 1. The number of H-pyrrole nitrogens is 1. The molecule has 146 valence electrons. The molecule has 6 heteroatoms. The van der Waals surface area contributed by atoms with Crippen LogP contribution in [0.3, 0.4) is 0 Å². The Kier molecular flexibility index (Phi) is 4.06. The van der Waals surface area contributed by atoms with Gasteiger partial charge in [0, 0.05) is 23.0 Å². The smallest absolute Gasteiger partial charge is 0.199 e. The van der Waals surface area contributed by atoms with Crippen LogP contribution in [-0.2, 0) is 0 Å². The number of pyridine rings is 1. The van der Waals surface area contributed by atoms with Crippen LogP contribution in [0.1, 0.15) is 43.7 Å². The number of nitrogens with one attached hydrogen (secondary N) is 1. The van der Waals surface area contributed by atoms with Crippen molar-refractivity contribution in [2.24, 2.45) is 0 Å². The van der Waals surface area contributed by atoms with Crippen molar-refractivity contribution in [1.82, 2.24) is 9.55 Å². The first-order valence-electron chi connectivity index (χ1n) is 9.89. The Bertz CT molecular complexity index is 1370. The molecular weight excluding hydrogens is 369 g/mol. The Hall–Kier alpha value is -3.33. The Balaban J connectivity index is 1.97. The maximum Gasteiger partial charge on any atom is 0.199 e. The number of hydrogen-bond donors (Lipinski definition) is 1. The molecule has 5 rings (SSSR count). The fourth-order valence-corrected chi connectivity index (χ4v) is 4.72. The van der Waals surface area contributed by atoms with E-state index in [1.54, 1.807) is 12.1 Å². The SMILES string of the molecule is COc1cc2c(=O)c3c4ccc(C#N)cc4[nH]c3n(C3CCCCC3)c2cc1F. The number of nitrogens with zero attached hydrogens (tertiary/aromatic N) is 2. The molecule has 2 heterocycles. The average Bonchev–Trinajstić information content (AvgIpc) is 3.12. The molecule has 0 saturated heterocycles. The molecule has 2 aromatic heterocycles. The molecule has 5 nitrogen and oxygen atoms in total. The van der Waals surface area contributed by atoms with E-state index in [2.05, 4.69) is 15.6 Å². The fraction of sp³-hybridized carbons (Fsp3) is 0.304. The molecule has 2 aromatic carbocycles. The van der Waals surface area contributed by atoms with Crippen LogP contribution in [0.15, 0.2) is 35.1 Å². The summed E-state index contributed by atoms with van der Waals surface area (Å²) in [5.41, 5.74) is 2.39.